The smallest absolute Gasteiger partial charge is 0.107 e. The molecule has 0 saturated heterocycles. The third kappa shape index (κ3) is 8.90. The summed E-state index contributed by atoms with van der Waals surface area (Å²) in [5.74, 6) is 2.45. The summed E-state index contributed by atoms with van der Waals surface area (Å²) in [5, 5.41) is 0. The molecule has 1 aromatic rings. The van der Waals surface area contributed by atoms with Gasteiger partial charge in [-0.3, -0.25) is 0 Å². The number of halogens is 1. The molecule has 0 aliphatic rings. The van der Waals surface area contributed by atoms with Crippen molar-refractivity contribution in [2.24, 2.45) is 0 Å². The van der Waals surface area contributed by atoms with Crippen LogP contribution in [0.5, 0.6) is 0 Å². The molecule has 2 heteroatoms. The van der Waals surface area contributed by atoms with Crippen LogP contribution in [0.15, 0.2) is 10.5 Å². The van der Waals surface area contributed by atoms with Gasteiger partial charge in [0.05, 0.1) is 0 Å². The Morgan fingerprint density at radius 1 is 0.857 bits per heavy atom. The second kappa shape index (κ2) is 12.5. The molecule has 0 saturated carbocycles. The fourth-order valence-corrected chi connectivity index (χ4v) is 3.31. The van der Waals surface area contributed by atoms with E-state index in [4.69, 9.17) is 4.42 Å². The van der Waals surface area contributed by atoms with Crippen molar-refractivity contribution in [1.82, 2.24) is 0 Å². The summed E-state index contributed by atoms with van der Waals surface area (Å²) in [6.45, 7) is 4.45. The van der Waals surface area contributed by atoms with Crippen LogP contribution in [0.25, 0.3) is 0 Å². The first kappa shape index (κ1) is 19.1. The Kier molecular flexibility index (Phi) is 11.4. The Hall–Kier alpha value is 0.01000. The summed E-state index contributed by atoms with van der Waals surface area (Å²) in [6, 6.07) is 2.26. The average molecular weight is 404 g/mol. The maximum absolute atomic E-state index is 6.02. The molecule has 0 aromatic carbocycles. The second-order valence-corrected chi connectivity index (χ2v) is 7.27. The first-order valence-corrected chi connectivity index (χ1v) is 10.4. The third-order valence-electron chi connectivity index (χ3n) is 4.14. The molecular formula is C19H33IO. The Labute approximate surface area is 145 Å². The van der Waals surface area contributed by atoms with E-state index < -0.39 is 0 Å². The van der Waals surface area contributed by atoms with Crippen LogP contribution in [0, 0.1) is 6.92 Å². The van der Waals surface area contributed by atoms with Crippen LogP contribution in [0.4, 0.5) is 0 Å². The summed E-state index contributed by atoms with van der Waals surface area (Å²) in [6.07, 6.45) is 15.8. The van der Waals surface area contributed by atoms with Gasteiger partial charge < -0.3 is 4.42 Å². The number of unbranched alkanes of at least 4 members (excludes halogenated alkanes) is 8. The number of rotatable bonds is 13. The molecule has 0 spiro atoms. The molecule has 1 aromatic heterocycles. The average Bonchev–Trinajstić information content (AvgIpc) is 2.82. The maximum Gasteiger partial charge on any atom is 0.107 e. The number of hydrogen-bond donors (Lipinski definition) is 0. The minimum absolute atomic E-state index is 1.12. The standard InChI is InChI=1S/C19H33IO/c1-3-4-10-13-18-16-17(2)19(21-18)14-11-8-6-5-7-9-12-15-20/h16H,3-15H2,1-2H3. The van der Waals surface area contributed by atoms with Gasteiger partial charge in [-0.1, -0.05) is 74.5 Å². The monoisotopic (exact) mass is 404 g/mol. The van der Waals surface area contributed by atoms with E-state index in [-0.39, 0.29) is 0 Å². The topological polar surface area (TPSA) is 13.1 Å². The third-order valence-corrected chi connectivity index (χ3v) is 4.90. The summed E-state index contributed by atoms with van der Waals surface area (Å²) >= 11 is 2.47. The lowest BCUT2D eigenvalue weighted by molar-refractivity contribution is 0.445. The van der Waals surface area contributed by atoms with Crippen LogP contribution in [0.3, 0.4) is 0 Å². The Morgan fingerprint density at radius 2 is 1.48 bits per heavy atom. The molecule has 0 N–H and O–H groups in total. The van der Waals surface area contributed by atoms with Gasteiger partial charge in [-0.25, -0.2) is 0 Å². The SMILES string of the molecule is CCCCCc1cc(C)c(CCCCCCCCCI)o1. The van der Waals surface area contributed by atoms with E-state index in [1.165, 1.54) is 85.7 Å². The molecule has 0 amide bonds. The fourth-order valence-electron chi connectivity index (χ4n) is 2.77. The highest BCUT2D eigenvalue weighted by molar-refractivity contribution is 14.1. The van der Waals surface area contributed by atoms with E-state index in [1.54, 1.807) is 0 Å². The quantitative estimate of drug-likeness (QED) is 0.195. The molecular weight excluding hydrogens is 371 g/mol. The van der Waals surface area contributed by atoms with E-state index in [1.807, 2.05) is 0 Å². The van der Waals surface area contributed by atoms with Gasteiger partial charge in [0.15, 0.2) is 0 Å². The van der Waals surface area contributed by atoms with Gasteiger partial charge in [0.1, 0.15) is 11.5 Å². The first-order chi connectivity index (χ1) is 10.3. The fraction of sp³-hybridized carbons (Fsp3) is 0.789. The number of alkyl halides is 1. The van der Waals surface area contributed by atoms with Crippen molar-refractivity contribution in [2.45, 2.75) is 90.9 Å². The molecule has 0 unspecified atom stereocenters. The molecule has 122 valence electrons. The maximum atomic E-state index is 6.02. The van der Waals surface area contributed by atoms with Gasteiger partial charge >= 0.3 is 0 Å². The van der Waals surface area contributed by atoms with E-state index in [0.29, 0.717) is 0 Å². The van der Waals surface area contributed by atoms with Crippen molar-refractivity contribution in [2.75, 3.05) is 4.43 Å². The predicted molar refractivity (Wildman–Crippen MR) is 102 cm³/mol. The van der Waals surface area contributed by atoms with Gasteiger partial charge in [-0.05, 0) is 42.2 Å². The highest BCUT2D eigenvalue weighted by atomic mass is 127. The highest BCUT2D eigenvalue weighted by Crippen LogP contribution is 2.19. The molecule has 0 atom stereocenters. The Morgan fingerprint density at radius 3 is 2.14 bits per heavy atom. The minimum Gasteiger partial charge on any atom is -0.466 e. The summed E-state index contributed by atoms with van der Waals surface area (Å²) in [7, 11) is 0. The van der Waals surface area contributed by atoms with E-state index in [0.717, 1.165) is 12.8 Å². The van der Waals surface area contributed by atoms with Gasteiger partial charge in [0.25, 0.3) is 0 Å². The molecule has 0 radical (unpaired) electrons. The summed E-state index contributed by atoms with van der Waals surface area (Å²) < 4.78 is 7.34. The van der Waals surface area contributed by atoms with E-state index in [2.05, 4.69) is 42.5 Å². The van der Waals surface area contributed by atoms with Crippen molar-refractivity contribution in [3.05, 3.63) is 23.2 Å². The number of aryl methyl sites for hydroxylation is 3. The molecule has 0 aliphatic carbocycles. The molecule has 1 heterocycles. The van der Waals surface area contributed by atoms with Gasteiger partial charge in [-0.2, -0.15) is 0 Å². The van der Waals surface area contributed by atoms with Crippen LogP contribution in [-0.2, 0) is 12.8 Å². The lowest BCUT2D eigenvalue weighted by Crippen LogP contribution is -1.87. The van der Waals surface area contributed by atoms with E-state index >= 15 is 0 Å². The molecule has 0 aliphatic heterocycles. The molecule has 1 rings (SSSR count). The molecule has 21 heavy (non-hydrogen) atoms. The summed E-state index contributed by atoms with van der Waals surface area (Å²) in [4.78, 5) is 0. The lowest BCUT2D eigenvalue weighted by atomic mass is 10.1. The van der Waals surface area contributed by atoms with Crippen molar-refractivity contribution in [3.63, 3.8) is 0 Å². The zero-order chi connectivity index (χ0) is 15.3. The van der Waals surface area contributed by atoms with Gasteiger partial charge in [0, 0.05) is 12.8 Å². The van der Waals surface area contributed by atoms with Crippen LogP contribution >= 0.6 is 22.6 Å². The molecule has 1 nitrogen and oxygen atoms in total. The summed E-state index contributed by atoms with van der Waals surface area (Å²) in [5.41, 5.74) is 1.36. The Bertz CT molecular complexity index is 356. The van der Waals surface area contributed by atoms with Crippen LogP contribution in [0.1, 0.15) is 88.2 Å². The van der Waals surface area contributed by atoms with Crippen LogP contribution in [-0.4, -0.2) is 4.43 Å². The lowest BCUT2D eigenvalue weighted by Gasteiger charge is -2.01. The normalized spacial score (nSPS) is 11.2. The second-order valence-electron chi connectivity index (χ2n) is 6.19. The predicted octanol–water partition coefficient (Wildman–Crippen LogP) is 7.03. The number of hydrogen-bond acceptors (Lipinski definition) is 1. The van der Waals surface area contributed by atoms with Crippen molar-refractivity contribution >= 4 is 22.6 Å². The van der Waals surface area contributed by atoms with Crippen molar-refractivity contribution < 1.29 is 4.42 Å². The van der Waals surface area contributed by atoms with Crippen molar-refractivity contribution in [3.8, 4) is 0 Å². The van der Waals surface area contributed by atoms with Crippen LogP contribution in [0.2, 0.25) is 0 Å². The molecule has 0 bridgehead atoms. The largest absolute Gasteiger partial charge is 0.466 e. The zero-order valence-corrected chi connectivity index (χ0v) is 16.2. The van der Waals surface area contributed by atoms with Gasteiger partial charge in [0.2, 0.25) is 0 Å². The van der Waals surface area contributed by atoms with Crippen molar-refractivity contribution in [1.29, 1.82) is 0 Å². The minimum atomic E-state index is 1.12. The highest BCUT2D eigenvalue weighted by Gasteiger charge is 2.07. The van der Waals surface area contributed by atoms with E-state index in [9.17, 15) is 0 Å². The Balaban J connectivity index is 2.11. The molecule has 0 fully saturated rings. The zero-order valence-electron chi connectivity index (χ0n) is 14.1. The first-order valence-electron chi connectivity index (χ1n) is 8.92. The van der Waals surface area contributed by atoms with Crippen LogP contribution < -0.4 is 0 Å². The van der Waals surface area contributed by atoms with Gasteiger partial charge in [-0.15, -0.1) is 0 Å². The number of furan rings is 1.